The SMILES string of the molecule is CC.COc1ccc(C)c(C23CCN(CC4CC4)C(C)C2Cc2cc(C(=O)O)c(=O)[nH]c2C3)c1. The molecule has 2 heterocycles. The zero-order valence-electron chi connectivity index (χ0n) is 21.1. The normalized spacial score (nSPS) is 26.0. The largest absolute Gasteiger partial charge is 0.497 e. The third-order valence-corrected chi connectivity index (χ3v) is 8.26. The van der Waals surface area contributed by atoms with Crippen LogP contribution in [0.3, 0.4) is 0 Å². The molecule has 2 aliphatic carbocycles. The second-order valence-electron chi connectivity index (χ2n) is 10.1. The van der Waals surface area contributed by atoms with Gasteiger partial charge in [0.05, 0.1) is 7.11 Å². The van der Waals surface area contributed by atoms with Crippen LogP contribution in [0.15, 0.2) is 29.1 Å². The molecule has 1 saturated carbocycles. The van der Waals surface area contributed by atoms with Crippen molar-refractivity contribution in [2.24, 2.45) is 11.8 Å². The number of aryl methyl sites for hydroxylation is 1. The summed E-state index contributed by atoms with van der Waals surface area (Å²) in [5, 5.41) is 9.48. The van der Waals surface area contributed by atoms with Crippen LogP contribution < -0.4 is 10.3 Å². The van der Waals surface area contributed by atoms with Crippen LogP contribution in [0.5, 0.6) is 5.75 Å². The molecule has 2 fully saturated rings. The molecule has 34 heavy (non-hydrogen) atoms. The number of benzene rings is 1. The Hall–Kier alpha value is -2.60. The third kappa shape index (κ3) is 4.28. The molecule has 6 heteroatoms. The number of aromatic amines is 1. The maximum absolute atomic E-state index is 12.5. The molecule has 0 bridgehead atoms. The van der Waals surface area contributed by atoms with Crippen molar-refractivity contribution in [2.75, 3.05) is 20.2 Å². The van der Waals surface area contributed by atoms with E-state index in [0.717, 1.165) is 55.3 Å². The minimum absolute atomic E-state index is 0.112. The van der Waals surface area contributed by atoms with Crippen molar-refractivity contribution in [1.82, 2.24) is 9.88 Å². The molecule has 1 aromatic carbocycles. The number of methoxy groups -OCH3 is 1. The predicted octanol–water partition coefficient (Wildman–Crippen LogP) is 4.57. The van der Waals surface area contributed by atoms with Crippen molar-refractivity contribution in [3.63, 3.8) is 0 Å². The molecule has 184 valence electrons. The van der Waals surface area contributed by atoms with Gasteiger partial charge in [-0.1, -0.05) is 19.9 Å². The lowest BCUT2D eigenvalue weighted by Crippen LogP contribution is -2.59. The van der Waals surface area contributed by atoms with Gasteiger partial charge in [-0.05, 0) is 99.2 Å². The zero-order valence-corrected chi connectivity index (χ0v) is 21.1. The Labute approximate surface area is 202 Å². The second-order valence-corrected chi connectivity index (χ2v) is 10.1. The summed E-state index contributed by atoms with van der Waals surface area (Å²) in [7, 11) is 1.70. The van der Waals surface area contributed by atoms with Crippen LogP contribution in [0, 0.1) is 18.8 Å². The van der Waals surface area contributed by atoms with Crippen molar-refractivity contribution < 1.29 is 14.6 Å². The number of likely N-dealkylation sites (tertiary alicyclic amines) is 1. The number of carboxylic acid groups (broad SMARTS) is 1. The molecular formula is C28H38N2O4. The molecule has 1 aliphatic heterocycles. The van der Waals surface area contributed by atoms with Crippen molar-refractivity contribution in [3.05, 3.63) is 62.6 Å². The van der Waals surface area contributed by atoms with Gasteiger partial charge in [-0.15, -0.1) is 0 Å². The Balaban J connectivity index is 0.00000133. The monoisotopic (exact) mass is 466 g/mol. The molecule has 2 N–H and O–H groups in total. The lowest BCUT2D eigenvalue weighted by atomic mass is 9.55. The van der Waals surface area contributed by atoms with Crippen molar-refractivity contribution >= 4 is 5.97 Å². The molecule has 3 atom stereocenters. The topological polar surface area (TPSA) is 82.6 Å². The first kappa shape index (κ1) is 24.5. The summed E-state index contributed by atoms with van der Waals surface area (Å²) in [5.74, 6) is 0.851. The number of ether oxygens (including phenoxy) is 1. The Morgan fingerprint density at radius 1 is 1.26 bits per heavy atom. The molecule has 6 nitrogen and oxygen atoms in total. The number of pyridine rings is 1. The lowest BCUT2D eigenvalue weighted by Gasteiger charge is -2.55. The first-order valence-corrected chi connectivity index (χ1v) is 12.7. The molecule has 5 rings (SSSR count). The minimum atomic E-state index is -1.17. The molecule has 1 aromatic heterocycles. The Morgan fingerprint density at radius 2 is 2.00 bits per heavy atom. The highest BCUT2D eigenvalue weighted by Crippen LogP contribution is 2.51. The predicted molar refractivity (Wildman–Crippen MR) is 134 cm³/mol. The standard InChI is InChI=1S/C26H32N2O4.C2H6/c1-15-4-7-19(32-3)12-21(15)26-8-9-28(14-17-5-6-17)16(2)22(26)11-18-10-20(25(30)31)24(29)27-23(18)13-26;1-2/h4,7,10,12,16-17,22H,5-6,8-9,11,13-14H2,1-3H3,(H,27,29)(H,30,31);1-2H3. The number of hydrogen-bond donors (Lipinski definition) is 2. The first-order chi connectivity index (χ1) is 16.3. The highest BCUT2D eigenvalue weighted by atomic mass is 16.5. The van der Waals surface area contributed by atoms with Gasteiger partial charge in [-0.3, -0.25) is 4.79 Å². The fraction of sp³-hybridized carbons (Fsp3) is 0.571. The molecule has 0 radical (unpaired) electrons. The van der Waals surface area contributed by atoms with E-state index in [-0.39, 0.29) is 11.0 Å². The van der Waals surface area contributed by atoms with Crippen LogP contribution >= 0.6 is 0 Å². The molecular weight excluding hydrogens is 428 g/mol. The number of carbonyl (C=O) groups is 1. The van der Waals surface area contributed by atoms with Crippen molar-refractivity contribution in [3.8, 4) is 5.75 Å². The van der Waals surface area contributed by atoms with Crippen molar-refractivity contribution in [1.29, 1.82) is 0 Å². The van der Waals surface area contributed by atoms with Crippen LogP contribution in [0.25, 0.3) is 0 Å². The van der Waals surface area contributed by atoms with E-state index in [2.05, 4.69) is 35.9 Å². The van der Waals surface area contributed by atoms with Gasteiger partial charge in [0.2, 0.25) is 0 Å². The number of rotatable bonds is 5. The van der Waals surface area contributed by atoms with Gasteiger partial charge in [0.1, 0.15) is 11.3 Å². The van der Waals surface area contributed by atoms with Gasteiger partial charge in [-0.2, -0.15) is 0 Å². The van der Waals surface area contributed by atoms with Crippen LogP contribution in [-0.4, -0.2) is 47.2 Å². The van der Waals surface area contributed by atoms with E-state index in [0.29, 0.717) is 12.0 Å². The van der Waals surface area contributed by atoms with Crippen LogP contribution in [0.1, 0.15) is 72.8 Å². The van der Waals surface area contributed by atoms with E-state index >= 15 is 0 Å². The summed E-state index contributed by atoms with van der Waals surface area (Å²) < 4.78 is 5.58. The summed E-state index contributed by atoms with van der Waals surface area (Å²) in [4.78, 5) is 29.7. The van der Waals surface area contributed by atoms with Gasteiger partial charge < -0.3 is 19.7 Å². The average Bonchev–Trinajstić information content (AvgIpc) is 3.65. The number of aromatic carboxylic acids is 1. The first-order valence-electron chi connectivity index (χ1n) is 12.7. The molecule has 2 aromatic rings. The highest BCUT2D eigenvalue weighted by molar-refractivity contribution is 5.87. The highest BCUT2D eigenvalue weighted by Gasteiger charge is 2.51. The van der Waals surface area contributed by atoms with E-state index < -0.39 is 11.5 Å². The Bertz CT molecular complexity index is 1120. The quantitative estimate of drug-likeness (QED) is 0.674. The smallest absolute Gasteiger partial charge is 0.341 e. The zero-order chi connectivity index (χ0) is 24.6. The number of fused-ring (bicyclic) bond motifs is 2. The molecule has 0 amide bonds. The number of nitrogens with one attached hydrogen (secondary N) is 1. The van der Waals surface area contributed by atoms with E-state index in [4.69, 9.17) is 4.74 Å². The Kier molecular flexibility index (Phi) is 6.90. The van der Waals surface area contributed by atoms with Crippen LogP contribution in [0.2, 0.25) is 0 Å². The van der Waals surface area contributed by atoms with E-state index in [1.54, 1.807) is 13.2 Å². The number of aromatic nitrogens is 1. The third-order valence-electron chi connectivity index (χ3n) is 8.26. The maximum Gasteiger partial charge on any atom is 0.341 e. The van der Waals surface area contributed by atoms with E-state index in [1.807, 2.05) is 19.9 Å². The van der Waals surface area contributed by atoms with E-state index in [9.17, 15) is 14.7 Å². The van der Waals surface area contributed by atoms with Crippen molar-refractivity contribution in [2.45, 2.75) is 71.3 Å². The van der Waals surface area contributed by atoms with E-state index in [1.165, 1.54) is 24.0 Å². The van der Waals surface area contributed by atoms with Gasteiger partial charge in [0.15, 0.2) is 0 Å². The molecule has 1 saturated heterocycles. The number of hydrogen-bond acceptors (Lipinski definition) is 4. The number of nitrogens with zero attached hydrogens (tertiary/aromatic N) is 1. The van der Waals surface area contributed by atoms with Crippen LogP contribution in [0.4, 0.5) is 0 Å². The number of H-pyrrole nitrogens is 1. The number of piperidine rings is 1. The maximum atomic E-state index is 12.5. The second kappa shape index (κ2) is 9.57. The molecule has 3 unspecified atom stereocenters. The summed E-state index contributed by atoms with van der Waals surface area (Å²) in [6.07, 6.45) is 5.17. The van der Waals surface area contributed by atoms with Gasteiger partial charge in [0, 0.05) is 23.7 Å². The van der Waals surface area contributed by atoms with Gasteiger partial charge in [-0.25, -0.2) is 4.79 Å². The van der Waals surface area contributed by atoms with Gasteiger partial charge >= 0.3 is 5.97 Å². The Morgan fingerprint density at radius 3 is 2.65 bits per heavy atom. The van der Waals surface area contributed by atoms with Gasteiger partial charge in [0.25, 0.3) is 5.56 Å². The lowest BCUT2D eigenvalue weighted by molar-refractivity contribution is 0.0246. The fourth-order valence-electron chi connectivity index (χ4n) is 6.28. The molecule has 0 spiro atoms. The summed E-state index contributed by atoms with van der Waals surface area (Å²) >= 11 is 0. The summed E-state index contributed by atoms with van der Waals surface area (Å²) in [5.41, 5.74) is 3.63. The average molecular weight is 467 g/mol. The minimum Gasteiger partial charge on any atom is -0.497 e. The number of carboxylic acids is 1. The fourth-order valence-corrected chi connectivity index (χ4v) is 6.28. The molecule has 3 aliphatic rings. The summed E-state index contributed by atoms with van der Waals surface area (Å²) in [6, 6.07) is 8.32. The summed E-state index contributed by atoms with van der Waals surface area (Å²) in [6.45, 7) is 10.7. The van der Waals surface area contributed by atoms with Crippen LogP contribution in [-0.2, 0) is 18.3 Å².